The lowest BCUT2D eigenvalue weighted by atomic mass is 9.97. The van der Waals surface area contributed by atoms with E-state index in [-0.39, 0.29) is 11.7 Å². The number of carboxylic acids is 1. The van der Waals surface area contributed by atoms with E-state index in [0.717, 1.165) is 0 Å². The number of amides is 2. The third-order valence-electron chi connectivity index (χ3n) is 3.12. The first-order chi connectivity index (χ1) is 9.78. The summed E-state index contributed by atoms with van der Waals surface area (Å²) >= 11 is 3.90. The number of carbonyl (C=O) groups is 3. The molecule has 4 atom stereocenters. The predicted molar refractivity (Wildman–Crippen MR) is 79.9 cm³/mol. The number of hydrogen-bond donors (Lipinski definition) is 6. The summed E-state index contributed by atoms with van der Waals surface area (Å²) in [7, 11) is 0. The molecule has 0 bridgehead atoms. The number of aliphatic hydroxyl groups excluding tert-OH is 1. The van der Waals surface area contributed by atoms with Crippen LogP contribution in [0, 0.1) is 5.92 Å². The van der Waals surface area contributed by atoms with Gasteiger partial charge < -0.3 is 26.6 Å². The van der Waals surface area contributed by atoms with E-state index in [9.17, 15) is 14.4 Å². The molecule has 0 aromatic heterocycles. The Morgan fingerprint density at radius 3 is 2.19 bits per heavy atom. The molecule has 0 aliphatic rings. The first kappa shape index (κ1) is 19.7. The van der Waals surface area contributed by atoms with Gasteiger partial charge >= 0.3 is 5.97 Å². The highest BCUT2D eigenvalue weighted by Crippen LogP contribution is 2.09. The monoisotopic (exact) mass is 321 g/mol. The maximum Gasteiger partial charge on any atom is 0.328 e. The van der Waals surface area contributed by atoms with Gasteiger partial charge in [-0.3, -0.25) is 9.59 Å². The molecule has 122 valence electrons. The minimum absolute atomic E-state index is 0.120. The zero-order valence-electron chi connectivity index (χ0n) is 12.1. The van der Waals surface area contributed by atoms with E-state index in [1.807, 2.05) is 6.92 Å². The minimum Gasteiger partial charge on any atom is -0.480 e. The molecule has 0 aliphatic heterocycles. The molecule has 0 spiro atoms. The first-order valence-corrected chi connectivity index (χ1v) is 7.22. The Hall–Kier alpha value is -1.32. The van der Waals surface area contributed by atoms with E-state index < -0.39 is 42.5 Å². The maximum atomic E-state index is 12.1. The average Bonchev–Trinajstić information content (AvgIpc) is 2.47. The summed E-state index contributed by atoms with van der Waals surface area (Å²) in [5.41, 5.74) is 5.53. The van der Waals surface area contributed by atoms with Crippen molar-refractivity contribution in [3.05, 3.63) is 0 Å². The van der Waals surface area contributed by atoms with Gasteiger partial charge in [-0.2, -0.15) is 12.6 Å². The lowest BCUT2D eigenvalue weighted by Gasteiger charge is -2.26. The van der Waals surface area contributed by atoms with Crippen molar-refractivity contribution in [1.29, 1.82) is 0 Å². The van der Waals surface area contributed by atoms with Crippen LogP contribution >= 0.6 is 12.6 Å². The van der Waals surface area contributed by atoms with Crippen molar-refractivity contribution in [1.82, 2.24) is 10.6 Å². The van der Waals surface area contributed by atoms with Crippen molar-refractivity contribution in [2.75, 3.05) is 12.4 Å². The van der Waals surface area contributed by atoms with E-state index in [2.05, 4.69) is 23.3 Å². The van der Waals surface area contributed by atoms with Crippen molar-refractivity contribution in [2.45, 2.75) is 38.4 Å². The molecule has 0 aromatic carbocycles. The van der Waals surface area contributed by atoms with Crippen molar-refractivity contribution in [3.63, 3.8) is 0 Å². The normalized spacial score (nSPS) is 16.4. The molecule has 0 aliphatic carbocycles. The molecule has 0 heterocycles. The molecule has 6 N–H and O–H groups in total. The van der Waals surface area contributed by atoms with Crippen LogP contribution in [0.2, 0.25) is 0 Å². The van der Waals surface area contributed by atoms with Crippen molar-refractivity contribution >= 4 is 30.4 Å². The van der Waals surface area contributed by atoms with Crippen molar-refractivity contribution < 1.29 is 24.6 Å². The molecule has 21 heavy (non-hydrogen) atoms. The number of aliphatic hydroxyl groups is 1. The molecule has 0 saturated carbocycles. The zero-order chi connectivity index (χ0) is 16.6. The molecule has 4 unspecified atom stereocenters. The van der Waals surface area contributed by atoms with Gasteiger partial charge in [-0.1, -0.05) is 20.3 Å². The molecule has 0 saturated heterocycles. The minimum atomic E-state index is -1.42. The highest BCUT2D eigenvalue weighted by Gasteiger charge is 2.30. The summed E-state index contributed by atoms with van der Waals surface area (Å²) in [4.78, 5) is 34.7. The third kappa shape index (κ3) is 6.32. The van der Waals surface area contributed by atoms with Gasteiger partial charge in [0.15, 0.2) is 0 Å². The van der Waals surface area contributed by atoms with Gasteiger partial charge in [0.05, 0.1) is 12.6 Å². The Morgan fingerprint density at radius 1 is 1.24 bits per heavy atom. The number of aliphatic carboxylic acids is 1. The Labute approximate surface area is 128 Å². The molecule has 2 amide bonds. The molecule has 8 nitrogen and oxygen atoms in total. The summed E-state index contributed by atoms with van der Waals surface area (Å²) in [6.07, 6.45) is 0.589. The fourth-order valence-corrected chi connectivity index (χ4v) is 1.66. The van der Waals surface area contributed by atoms with Gasteiger partial charge in [-0.25, -0.2) is 4.79 Å². The van der Waals surface area contributed by atoms with Crippen LogP contribution < -0.4 is 16.4 Å². The van der Waals surface area contributed by atoms with Crippen LogP contribution in [-0.4, -0.2) is 58.5 Å². The number of nitrogens with two attached hydrogens (primary N) is 1. The van der Waals surface area contributed by atoms with E-state index in [1.165, 1.54) is 0 Å². The van der Waals surface area contributed by atoms with E-state index in [4.69, 9.17) is 15.9 Å². The van der Waals surface area contributed by atoms with Crippen LogP contribution in [0.3, 0.4) is 0 Å². The summed E-state index contributed by atoms with van der Waals surface area (Å²) in [6.45, 7) is 2.83. The Balaban J connectivity index is 4.94. The van der Waals surface area contributed by atoms with Gasteiger partial charge in [0, 0.05) is 5.75 Å². The van der Waals surface area contributed by atoms with Crippen molar-refractivity contribution in [2.24, 2.45) is 11.7 Å². The molecule has 0 rings (SSSR count). The summed E-state index contributed by atoms with van der Waals surface area (Å²) in [5.74, 6) is -2.68. The SMILES string of the molecule is CCC(C)C(NC(=O)C(N)CS)C(=O)NC(CO)C(=O)O. The molecular weight excluding hydrogens is 298 g/mol. The molecular formula is C12H23N3O5S. The molecule has 0 aromatic rings. The smallest absolute Gasteiger partial charge is 0.328 e. The molecule has 9 heteroatoms. The Bertz CT molecular complexity index is 380. The maximum absolute atomic E-state index is 12.1. The predicted octanol–water partition coefficient (Wildman–Crippen LogP) is -1.66. The highest BCUT2D eigenvalue weighted by atomic mass is 32.1. The second-order valence-electron chi connectivity index (χ2n) is 4.74. The highest BCUT2D eigenvalue weighted by molar-refractivity contribution is 7.80. The Morgan fingerprint density at radius 2 is 1.81 bits per heavy atom. The second kappa shape index (κ2) is 9.59. The van der Waals surface area contributed by atoms with Gasteiger partial charge in [0.25, 0.3) is 0 Å². The van der Waals surface area contributed by atoms with Gasteiger partial charge in [0.2, 0.25) is 11.8 Å². The number of thiol groups is 1. The number of nitrogens with one attached hydrogen (secondary N) is 2. The van der Waals surface area contributed by atoms with E-state index >= 15 is 0 Å². The fraction of sp³-hybridized carbons (Fsp3) is 0.750. The zero-order valence-corrected chi connectivity index (χ0v) is 13.0. The van der Waals surface area contributed by atoms with Crippen molar-refractivity contribution in [3.8, 4) is 0 Å². The summed E-state index contributed by atoms with van der Waals surface area (Å²) < 4.78 is 0. The summed E-state index contributed by atoms with van der Waals surface area (Å²) in [6, 6.07) is -3.21. The lowest BCUT2D eigenvalue weighted by Crippen LogP contribution is -2.57. The number of hydrogen-bond acceptors (Lipinski definition) is 6. The first-order valence-electron chi connectivity index (χ1n) is 6.59. The number of carboxylic acid groups (broad SMARTS) is 1. The van der Waals surface area contributed by atoms with Gasteiger partial charge in [0.1, 0.15) is 12.1 Å². The van der Waals surface area contributed by atoms with Crippen LogP contribution in [0.4, 0.5) is 0 Å². The molecule has 0 fully saturated rings. The third-order valence-corrected chi connectivity index (χ3v) is 3.52. The standard InChI is InChI=1S/C12H23N3O5S/c1-3-6(2)9(15-10(17)7(13)5-21)11(18)14-8(4-16)12(19)20/h6-9,16,21H,3-5,13H2,1-2H3,(H,14,18)(H,15,17)(H,19,20). The van der Waals surface area contributed by atoms with Crippen LogP contribution in [0.1, 0.15) is 20.3 Å². The van der Waals surface area contributed by atoms with Crippen LogP contribution in [-0.2, 0) is 14.4 Å². The second-order valence-corrected chi connectivity index (χ2v) is 5.11. The van der Waals surface area contributed by atoms with Gasteiger partial charge in [-0.05, 0) is 5.92 Å². The fourth-order valence-electron chi connectivity index (χ4n) is 1.49. The topological polar surface area (TPSA) is 142 Å². The number of carbonyl (C=O) groups excluding carboxylic acids is 2. The lowest BCUT2D eigenvalue weighted by molar-refractivity contribution is -0.143. The Kier molecular flexibility index (Phi) is 8.98. The van der Waals surface area contributed by atoms with Crippen LogP contribution in [0.15, 0.2) is 0 Å². The van der Waals surface area contributed by atoms with Crippen LogP contribution in [0.5, 0.6) is 0 Å². The average molecular weight is 321 g/mol. The number of rotatable bonds is 9. The summed E-state index contributed by atoms with van der Waals surface area (Å²) in [5, 5.41) is 22.4. The molecule has 0 radical (unpaired) electrons. The van der Waals surface area contributed by atoms with Gasteiger partial charge in [-0.15, -0.1) is 0 Å². The van der Waals surface area contributed by atoms with E-state index in [1.54, 1.807) is 6.92 Å². The largest absolute Gasteiger partial charge is 0.480 e. The van der Waals surface area contributed by atoms with Crippen LogP contribution in [0.25, 0.3) is 0 Å². The van der Waals surface area contributed by atoms with E-state index in [0.29, 0.717) is 6.42 Å². The quantitative estimate of drug-likeness (QED) is 0.281.